The van der Waals surface area contributed by atoms with Gasteiger partial charge in [0.05, 0.1) is 10.3 Å². The maximum Gasteiger partial charge on any atom is 0.416 e. The Morgan fingerprint density at radius 1 is 1.12 bits per heavy atom. The van der Waals surface area contributed by atoms with Gasteiger partial charge in [-0.3, -0.25) is 0 Å². The molecule has 0 spiro atoms. The first-order valence-corrected chi connectivity index (χ1v) is 7.74. The second-order valence-corrected chi connectivity index (χ2v) is 5.91. The fraction of sp³-hybridized carbons (Fsp3) is 0.125. The lowest BCUT2D eigenvalue weighted by molar-refractivity contribution is -0.137. The Labute approximate surface area is 139 Å². The highest BCUT2D eigenvalue weighted by Crippen LogP contribution is 2.29. The zero-order chi connectivity index (χ0) is 17.2. The van der Waals surface area contributed by atoms with Gasteiger partial charge in [-0.2, -0.15) is 17.5 Å². The second kappa shape index (κ2) is 6.48. The van der Waals surface area contributed by atoms with Gasteiger partial charge in [-0.25, -0.2) is 4.79 Å². The molecule has 3 aromatic rings. The summed E-state index contributed by atoms with van der Waals surface area (Å²) in [5, 5.41) is 6.21. The van der Waals surface area contributed by atoms with Crippen molar-refractivity contribution in [2.24, 2.45) is 0 Å². The summed E-state index contributed by atoms with van der Waals surface area (Å²) in [6.45, 7) is 0.131. The minimum Gasteiger partial charge on any atom is -0.334 e. The molecule has 1 heterocycles. The average molecular weight is 351 g/mol. The van der Waals surface area contributed by atoms with Crippen molar-refractivity contribution in [3.63, 3.8) is 0 Å². The predicted octanol–water partition coefficient (Wildman–Crippen LogP) is 4.64. The number of fused-ring (bicyclic) bond motifs is 1. The van der Waals surface area contributed by atoms with E-state index in [1.165, 1.54) is 23.7 Å². The van der Waals surface area contributed by atoms with Gasteiger partial charge in [-0.1, -0.05) is 12.1 Å². The van der Waals surface area contributed by atoms with Crippen molar-refractivity contribution in [1.29, 1.82) is 0 Å². The number of urea groups is 1. The van der Waals surface area contributed by atoms with Gasteiger partial charge in [0.25, 0.3) is 0 Å². The Morgan fingerprint density at radius 3 is 2.58 bits per heavy atom. The van der Waals surface area contributed by atoms with Crippen LogP contribution in [0, 0.1) is 0 Å². The molecule has 0 unspecified atom stereocenters. The lowest BCUT2D eigenvalue weighted by Gasteiger charge is -2.09. The van der Waals surface area contributed by atoms with Crippen LogP contribution in [0.5, 0.6) is 0 Å². The summed E-state index contributed by atoms with van der Waals surface area (Å²) in [7, 11) is 0. The van der Waals surface area contributed by atoms with E-state index in [1.54, 1.807) is 18.3 Å². The molecular weight excluding hydrogens is 339 g/mol. The molecule has 2 aromatic carbocycles. The van der Waals surface area contributed by atoms with E-state index >= 15 is 0 Å². The number of rotatable bonds is 3. The highest BCUT2D eigenvalue weighted by molar-refractivity contribution is 7.13. The number of alkyl halides is 3. The minimum absolute atomic E-state index is 0.131. The van der Waals surface area contributed by atoms with Crippen molar-refractivity contribution in [3.05, 3.63) is 59.8 Å². The van der Waals surface area contributed by atoms with Crippen molar-refractivity contribution in [3.8, 4) is 0 Å². The van der Waals surface area contributed by atoms with Crippen molar-refractivity contribution in [2.45, 2.75) is 12.7 Å². The van der Waals surface area contributed by atoms with Gasteiger partial charge >= 0.3 is 12.2 Å². The van der Waals surface area contributed by atoms with Crippen LogP contribution in [-0.4, -0.2) is 10.4 Å². The molecule has 2 amide bonds. The Morgan fingerprint density at radius 2 is 1.88 bits per heavy atom. The van der Waals surface area contributed by atoms with E-state index in [0.717, 1.165) is 22.2 Å². The quantitative estimate of drug-likeness (QED) is 0.722. The third-order valence-corrected chi connectivity index (χ3v) is 4.12. The van der Waals surface area contributed by atoms with E-state index in [9.17, 15) is 18.0 Å². The predicted molar refractivity (Wildman–Crippen MR) is 86.9 cm³/mol. The lowest BCUT2D eigenvalue weighted by atomic mass is 10.1. The summed E-state index contributed by atoms with van der Waals surface area (Å²) < 4.78 is 42.5. The van der Waals surface area contributed by atoms with Crippen molar-refractivity contribution >= 4 is 33.3 Å². The molecule has 2 N–H and O–H groups in total. The van der Waals surface area contributed by atoms with E-state index in [-0.39, 0.29) is 6.54 Å². The van der Waals surface area contributed by atoms with Crippen LogP contribution in [0.4, 0.5) is 23.7 Å². The molecule has 0 atom stereocenters. The third-order valence-electron chi connectivity index (χ3n) is 3.34. The van der Waals surface area contributed by atoms with Gasteiger partial charge in [0.15, 0.2) is 0 Å². The molecule has 0 aliphatic heterocycles. The van der Waals surface area contributed by atoms with E-state index in [4.69, 9.17) is 0 Å². The topological polar surface area (TPSA) is 54.0 Å². The van der Waals surface area contributed by atoms with E-state index in [2.05, 4.69) is 15.0 Å². The second-order valence-electron chi connectivity index (χ2n) is 5.08. The Bertz CT molecular complexity index is 859. The number of hydrogen-bond donors (Lipinski definition) is 2. The van der Waals surface area contributed by atoms with Crippen LogP contribution < -0.4 is 10.6 Å². The molecule has 24 heavy (non-hydrogen) atoms. The number of carbonyl (C=O) groups excluding carboxylic acids is 1. The zero-order valence-corrected chi connectivity index (χ0v) is 13.0. The number of hydrogen-bond acceptors (Lipinski definition) is 3. The largest absolute Gasteiger partial charge is 0.416 e. The Balaban J connectivity index is 1.57. The standard InChI is InChI=1S/C16H12F3N3OS/c17-16(18,19)12-3-1-10(2-4-12)8-20-15(23)22-13-5-6-14-11(7-13)9-21-24-14/h1-7,9H,8H2,(H2,20,22,23). The van der Waals surface area contributed by atoms with Gasteiger partial charge < -0.3 is 10.6 Å². The fourth-order valence-electron chi connectivity index (χ4n) is 2.12. The van der Waals surface area contributed by atoms with Crippen LogP contribution in [0.2, 0.25) is 0 Å². The summed E-state index contributed by atoms with van der Waals surface area (Å²) in [4.78, 5) is 11.9. The Hall–Kier alpha value is -2.61. The maximum atomic E-state index is 12.5. The number of aromatic nitrogens is 1. The molecule has 124 valence electrons. The highest BCUT2D eigenvalue weighted by Gasteiger charge is 2.29. The lowest BCUT2D eigenvalue weighted by Crippen LogP contribution is -2.28. The molecule has 1 aromatic heterocycles. The SMILES string of the molecule is O=C(NCc1ccc(C(F)(F)F)cc1)Nc1ccc2sncc2c1. The molecule has 0 saturated heterocycles. The Kier molecular flexibility index (Phi) is 4.39. The molecule has 3 rings (SSSR count). The third kappa shape index (κ3) is 3.83. The number of nitrogens with zero attached hydrogens (tertiary/aromatic N) is 1. The van der Waals surface area contributed by atoms with Crippen LogP contribution in [-0.2, 0) is 12.7 Å². The smallest absolute Gasteiger partial charge is 0.334 e. The number of halogens is 3. The summed E-state index contributed by atoms with van der Waals surface area (Å²) in [6.07, 6.45) is -2.65. The first-order valence-electron chi connectivity index (χ1n) is 6.97. The summed E-state index contributed by atoms with van der Waals surface area (Å²) in [5.74, 6) is 0. The maximum absolute atomic E-state index is 12.5. The van der Waals surface area contributed by atoms with Crippen molar-refractivity contribution in [2.75, 3.05) is 5.32 Å². The van der Waals surface area contributed by atoms with Crippen LogP contribution in [0.3, 0.4) is 0 Å². The molecule has 0 fully saturated rings. The summed E-state index contributed by atoms with van der Waals surface area (Å²) >= 11 is 1.37. The van der Waals surface area contributed by atoms with Crippen LogP contribution in [0.25, 0.3) is 10.1 Å². The number of nitrogens with one attached hydrogen (secondary N) is 2. The molecule has 0 radical (unpaired) electrons. The van der Waals surface area contributed by atoms with E-state index in [1.807, 2.05) is 6.07 Å². The molecule has 4 nitrogen and oxygen atoms in total. The zero-order valence-electron chi connectivity index (χ0n) is 12.2. The van der Waals surface area contributed by atoms with Crippen molar-refractivity contribution < 1.29 is 18.0 Å². The minimum atomic E-state index is -4.36. The van der Waals surface area contributed by atoms with Crippen LogP contribution >= 0.6 is 11.5 Å². The average Bonchev–Trinajstić information content (AvgIpc) is 3.00. The molecule has 0 saturated carbocycles. The van der Waals surface area contributed by atoms with E-state index in [0.29, 0.717) is 11.3 Å². The van der Waals surface area contributed by atoms with Gasteiger partial charge in [0.2, 0.25) is 0 Å². The number of anilines is 1. The molecule has 8 heteroatoms. The molecule has 0 bridgehead atoms. The summed E-state index contributed by atoms with van der Waals surface area (Å²) in [5.41, 5.74) is 0.483. The van der Waals surface area contributed by atoms with Gasteiger partial charge in [-0.05, 0) is 47.4 Å². The molecule has 0 aliphatic rings. The monoisotopic (exact) mass is 351 g/mol. The van der Waals surface area contributed by atoms with Crippen LogP contribution in [0.1, 0.15) is 11.1 Å². The van der Waals surface area contributed by atoms with Gasteiger partial charge in [-0.15, -0.1) is 0 Å². The highest BCUT2D eigenvalue weighted by atomic mass is 32.1. The summed E-state index contributed by atoms with van der Waals surface area (Å²) in [6, 6.07) is 9.65. The van der Waals surface area contributed by atoms with E-state index < -0.39 is 17.8 Å². The normalized spacial score (nSPS) is 11.5. The number of amides is 2. The number of benzene rings is 2. The van der Waals surface area contributed by atoms with Gasteiger partial charge in [0.1, 0.15) is 0 Å². The fourth-order valence-corrected chi connectivity index (χ4v) is 2.75. The number of carbonyl (C=O) groups is 1. The first-order chi connectivity index (χ1) is 11.4. The van der Waals surface area contributed by atoms with Crippen LogP contribution in [0.15, 0.2) is 48.7 Å². The van der Waals surface area contributed by atoms with Gasteiger partial charge in [0, 0.05) is 23.8 Å². The molecule has 0 aliphatic carbocycles. The molecular formula is C16H12F3N3OS. The first kappa shape index (κ1) is 16.3. The van der Waals surface area contributed by atoms with Crippen molar-refractivity contribution in [1.82, 2.24) is 9.69 Å².